The topological polar surface area (TPSA) is 85.3 Å². The number of carbonyl (C=O) groups is 1. The Kier molecular flexibility index (Phi) is 3.74. The molecule has 19 heavy (non-hydrogen) atoms. The van der Waals surface area contributed by atoms with Gasteiger partial charge in [-0.15, -0.1) is 0 Å². The third-order valence-electron chi connectivity index (χ3n) is 2.65. The van der Waals surface area contributed by atoms with E-state index in [0.717, 1.165) is 0 Å². The van der Waals surface area contributed by atoms with Gasteiger partial charge in [0.05, 0.1) is 22.1 Å². The van der Waals surface area contributed by atoms with Gasteiger partial charge in [0.25, 0.3) is 5.56 Å². The highest BCUT2D eigenvalue weighted by molar-refractivity contribution is 14.1. The van der Waals surface area contributed by atoms with Crippen LogP contribution in [-0.2, 0) is 6.54 Å². The number of halogens is 1. The molecule has 0 fully saturated rings. The molecule has 0 atom stereocenters. The highest BCUT2D eigenvalue weighted by atomic mass is 127. The molecule has 2 aromatic rings. The highest BCUT2D eigenvalue weighted by Crippen LogP contribution is 2.15. The number of carboxylic acids is 1. The first-order valence-corrected chi connectivity index (χ1v) is 6.52. The number of aromatic nitrogens is 2. The highest BCUT2D eigenvalue weighted by Gasteiger charge is 2.15. The van der Waals surface area contributed by atoms with E-state index in [9.17, 15) is 9.59 Å². The molecule has 0 spiro atoms. The fourth-order valence-corrected chi connectivity index (χ4v) is 2.11. The molecule has 0 saturated heterocycles. The van der Waals surface area contributed by atoms with Crippen LogP contribution >= 0.6 is 22.6 Å². The van der Waals surface area contributed by atoms with Crippen molar-refractivity contribution in [2.24, 2.45) is 0 Å². The number of hydrogen-bond donors (Lipinski definition) is 1. The number of furan rings is 1. The molecule has 0 aliphatic rings. The molecule has 0 unspecified atom stereocenters. The summed E-state index contributed by atoms with van der Waals surface area (Å²) in [6.07, 6.45) is 1.43. The monoisotopic (exact) mass is 374 g/mol. The summed E-state index contributed by atoms with van der Waals surface area (Å²) in [5, 5.41) is 8.90. The predicted octanol–water partition coefficient (Wildman–Crippen LogP) is 1.80. The van der Waals surface area contributed by atoms with Gasteiger partial charge in [-0.3, -0.25) is 9.36 Å². The molecule has 2 aromatic heterocycles. The van der Waals surface area contributed by atoms with E-state index in [0.29, 0.717) is 20.6 Å². The average molecular weight is 374 g/mol. The number of aromatic carboxylic acids is 1. The summed E-state index contributed by atoms with van der Waals surface area (Å²) in [5.41, 5.74) is 1.04. The lowest BCUT2D eigenvalue weighted by Gasteiger charge is -2.04. The summed E-state index contributed by atoms with van der Waals surface area (Å²) in [5.74, 6) is -0.802. The molecule has 2 heterocycles. The Morgan fingerprint density at radius 3 is 2.79 bits per heavy atom. The average Bonchev–Trinajstić information content (AvgIpc) is 2.71. The van der Waals surface area contributed by atoms with Crippen LogP contribution in [0.1, 0.15) is 27.6 Å². The van der Waals surface area contributed by atoms with Gasteiger partial charge in [0.2, 0.25) is 5.76 Å². The normalized spacial score (nSPS) is 10.7. The Labute approximate surface area is 122 Å². The Balaban J connectivity index is 2.37. The second kappa shape index (κ2) is 5.16. The summed E-state index contributed by atoms with van der Waals surface area (Å²) in [7, 11) is 0. The molecule has 0 aliphatic heterocycles. The molecule has 0 radical (unpaired) electrons. The molecule has 100 valence electrons. The number of carboxylic acid groups (broad SMARTS) is 1. The molecule has 0 saturated carbocycles. The van der Waals surface area contributed by atoms with Crippen LogP contribution in [0.4, 0.5) is 0 Å². The zero-order valence-electron chi connectivity index (χ0n) is 10.3. The van der Waals surface area contributed by atoms with Crippen molar-refractivity contribution in [3.8, 4) is 0 Å². The maximum atomic E-state index is 12.0. The number of hydrogen-bond acceptors (Lipinski definition) is 4. The zero-order chi connectivity index (χ0) is 14.2. The van der Waals surface area contributed by atoms with E-state index < -0.39 is 5.97 Å². The fourth-order valence-electron chi connectivity index (χ4n) is 1.67. The zero-order valence-corrected chi connectivity index (χ0v) is 12.5. The molecule has 7 heteroatoms. The van der Waals surface area contributed by atoms with E-state index in [1.807, 2.05) is 22.6 Å². The van der Waals surface area contributed by atoms with Crippen molar-refractivity contribution in [1.29, 1.82) is 0 Å². The van der Waals surface area contributed by atoms with E-state index in [4.69, 9.17) is 9.52 Å². The minimum Gasteiger partial charge on any atom is -0.475 e. The molecule has 0 bridgehead atoms. The van der Waals surface area contributed by atoms with Gasteiger partial charge >= 0.3 is 5.97 Å². The Hall–Kier alpha value is -1.64. The summed E-state index contributed by atoms with van der Waals surface area (Å²) in [4.78, 5) is 27.0. The second-order valence-electron chi connectivity index (χ2n) is 4.11. The van der Waals surface area contributed by atoms with E-state index >= 15 is 0 Å². The van der Waals surface area contributed by atoms with Crippen LogP contribution in [0.5, 0.6) is 0 Å². The molecule has 6 nitrogen and oxygen atoms in total. The number of aryl methyl sites for hydroxylation is 2. The Morgan fingerprint density at radius 1 is 1.53 bits per heavy atom. The quantitative estimate of drug-likeness (QED) is 0.829. The maximum Gasteiger partial charge on any atom is 0.372 e. The molecular formula is C12H11IN2O4. The van der Waals surface area contributed by atoms with Gasteiger partial charge in [0, 0.05) is 5.56 Å². The SMILES string of the molecule is Cc1cc(Cn2cnc(C)c(I)c2=O)oc1C(=O)O. The van der Waals surface area contributed by atoms with Crippen molar-refractivity contribution in [3.05, 3.63) is 49.1 Å². The largest absolute Gasteiger partial charge is 0.475 e. The van der Waals surface area contributed by atoms with Crippen molar-refractivity contribution in [3.63, 3.8) is 0 Å². The van der Waals surface area contributed by atoms with Crippen LogP contribution < -0.4 is 5.56 Å². The molecule has 0 aliphatic carbocycles. The smallest absolute Gasteiger partial charge is 0.372 e. The van der Waals surface area contributed by atoms with Crippen molar-refractivity contribution in [1.82, 2.24) is 9.55 Å². The number of nitrogens with zero attached hydrogens (tertiary/aromatic N) is 2. The van der Waals surface area contributed by atoms with Gasteiger partial charge in [-0.1, -0.05) is 0 Å². The Morgan fingerprint density at radius 2 is 2.21 bits per heavy atom. The van der Waals surface area contributed by atoms with Crippen molar-refractivity contribution in [2.45, 2.75) is 20.4 Å². The van der Waals surface area contributed by atoms with Gasteiger partial charge in [-0.25, -0.2) is 9.78 Å². The lowest BCUT2D eigenvalue weighted by molar-refractivity contribution is 0.0659. The molecular weight excluding hydrogens is 363 g/mol. The Bertz CT molecular complexity index is 702. The predicted molar refractivity (Wildman–Crippen MR) is 75.5 cm³/mol. The molecule has 1 N–H and O–H groups in total. The van der Waals surface area contributed by atoms with Gasteiger partial charge in [0.1, 0.15) is 5.76 Å². The van der Waals surface area contributed by atoms with Gasteiger partial charge in [-0.2, -0.15) is 0 Å². The molecule has 0 amide bonds. The molecule has 0 aromatic carbocycles. The number of rotatable bonds is 3. The summed E-state index contributed by atoms with van der Waals surface area (Å²) >= 11 is 1.94. The van der Waals surface area contributed by atoms with Gasteiger partial charge in [-0.05, 0) is 42.5 Å². The van der Waals surface area contributed by atoms with E-state index in [1.165, 1.54) is 10.9 Å². The molecule has 2 rings (SSSR count). The maximum absolute atomic E-state index is 12.0. The lowest BCUT2D eigenvalue weighted by Crippen LogP contribution is -2.24. The van der Waals surface area contributed by atoms with Crippen LogP contribution in [-0.4, -0.2) is 20.6 Å². The summed E-state index contributed by atoms with van der Waals surface area (Å²) in [6.45, 7) is 3.57. The first kappa shape index (κ1) is 13.8. The van der Waals surface area contributed by atoms with Crippen LogP contribution in [0.15, 0.2) is 21.6 Å². The van der Waals surface area contributed by atoms with E-state index in [2.05, 4.69) is 4.98 Å². The van der Waals surface area contributed by atoms with Crippen LogP contribution in [0.2, 0.25) is 0 Å². The van der Waals surface area contributed by atoms with Crippen LogP contribution in [0.25, 0.3) is 0 Å². The van der Waals surface area contributed by atoms with Crippen molar-refractivity contribution < 1.29 is 14.3 Å². The second-order valence-corrected chi connectivity index (χ2v) is 5.19. The standard InChI is InChI=1S/C12H11IN2O4/c1-6-3-8(19-10(6)12(17)18)4-15-5-14-7(2)9(13)11(15)16/h3,5H,4H2,1-2H3,(H,17,18). The van der Waals surface area contributed by atoms with Crippen LogP contribution in [0, 0.1) is 17.4 Å². The van der Waals surface area contributed by atoms with Gasteiger partial charge < -0.3 is 9.52 Å². The first-order chi connectivity index (χ1) is 8.90. The minimum atomic E-state index is -1.12. The van der Waals surface area contributed by atoms with Gasteiger partial charge in [0.15, 0.2) is 0 Å². The fraction of sp³-hybridized carbons (Fsp3) is 0.250. The van der Waals surface area contributed by atoms with E-state index in [-0.39, 0.29) is 17.9 Å². The van der Waals surface area contributed by atoms with E-state index in [1.54, 1.807) is 19.9 Å². The third kappa shape index (κ3) is 2.70. The minimum absolute atomic E-state index is 0.0992. The lowest BCUT2D eigenvalue weighted by atomic mass is 10.2. The van der Waals surface area contributed by atoms with Crippen LogP contribution in [0.3, 0.4) is 0 Å². The summed E-state index contributed by atoms with van der Waals surface area (Å²) < 4.78 is 7.15. The van der Waals surface area contributed by atoms with Crippen molar-refractivity contribution in [2.75, 3.05) is 0 Å². The van der Waals surface area contributed by atoms with Crippen molar-refractivity contribution >= 4 is 28.6 Å². The first-order valence-electron chi connectivity index (χ1n) is 5.44. The summed E-state index contributed by atoms with van der Waals surface area (Å²) in [6, 6.07) is 1.61. The third-order valence-corrected chi connectivity index (χ3v) is 3.89.